The molecule has 3 atom stereocenters. The molecule has 0 aromatic carbocycles. The SMILES string of the molecule is CCN(CC)c1nc(N)c(C(=O)NC2CCC(C)C2C)s1. The molecule has 0 saturated heterocycles. The molecule has 1 amide bonds. The van der Waals surface area contributed by atoms with Crippen LogP contribution in [-0.4, -0.2) is 30.0 Å². The standard InChI is InChI=1S/C15H26N4OS/c1-5-19(6-2)15-18-13(16)12(21-15)14(20)17-11-8-7-9(3)10(11)4/h9-11H,5-8,16H2,1-4H3,(H,17,20). The molecule has 1 aliphatic carbocycles. The first-order valence-electron chi connectivity index (χ1n) is 7.80. The van der Waals surface area contributed by atoms with Crippen LogP contribution >= 0.6 is 11.3 Å². The van der Waals surface area contributed by atoms with Crippen molar-refractivity contribution < 1.29 is 4.79 Å². The van der Waals surface area contributed by atoms with Crippen LogP contribution in [0.1, 0.15) is 50.2 Å². The Labute approximate surface area is 130 Å². The van der Waals surface area contributed by atoms with Gasteiger partial charge < -0.3 is 16.0 Å². The van der Waals surface area contributed by atoms with Gasteiger partial charge in [0.1, 0.15) is 10.7 Å². The van der Waals surface area contributed by atoms with E-state index in [0.717, 1.165) is 24.6 Å². The van der Waals surface area contributed by atoms with Crippen molar-refractivity contribution in [1.29, 1.82) is 0 Å². The van der Waals surface area contributed by atoms with Crippen molar-refractivity contribution in [2.75, 3.05) is 23.7 Å². The lowest BCUT2D eigenvalue weighted by atomic mass is 9.98. The van der Waals surface area contributed by atoms with Crippen LogP contribution in [0.3, 0.4) is 0 Å². The van der Waals surface area contributed by atoms with Gasteiger partial charge in [-0.1, -0.05) is 25.2 Å². The van der Waals surface area contributed by atoms with E-state index in [1.807, 2.05) is 0 Å². The largest absolute Gasteiger partial charge is 0.382 e. The molecule has 2 rings (SSSR count). The number of amides is 1. The predicted octanol–water partition coefficient (Wildman–Crippen LogP) is 2.74. The maximum atomic E-state index is 12.4. The summed E-state index contributed by atoms with van der Waals surface area (Å²) in [5.74, 6) is 1.46. The number of nitrogens with two attached hydrogens (primary N) is 1. The number of hydrogen-bond acceptors (Lipinski definition) is 5. The van der Waals surface area contributed by atoms with Gasteiger partial charge in [0.2, 0.25) is 0 Å². The minimum absolute atomic E-state index is 0.0747. The molecule has 1 fully saturated rings. The third-order valence-corrected chi connectivity index (χ3v) is 5.79. The molecule has 0 spiro atoms. The number of nitrogen functional groups attached to an aromatic ring is 1. The maximum Gasteiger partial charge on any atom is 0.265 e. The van der Waals surface area contributed by atoms with E-state index < -0.39 is 0 Å². The third kappa shape index (κ3) is 3.31. The number of rotatable bonds is 5. The fourth-order valence-corrected chi connectivity index (χ4v) is 3.93. The van der Waals surface area contributed by atoms with Gasteiger partial charge in [-0.3, -0.25) is 4.79 Å². The van der Waals surface area contributed by atoms with Gasteiger partial charge in [0.15, 0.2) is 5.13 Å². The topological polar surface area (TPSA) is 71.2 Å². The molecule has 1 aromatic heterocycles. The Morgan fingerprint density at radius 1 is 1.38 bits per heavy atom. The van der Waals surface area contributed by atoms with Gasteiger partial charge in [-0.05, 0) is 38.5 Å². The van der Waals surface area contributed by atoms with E-state index in [1.54, 1.807) is 0 Å². The highest BCUT2D eigenvalue weighted by Crippen LogP contribution is 2.32. The molecule has 0 radical (unpaired) electrons. The molecular formula is C15H26N4OS. The Bertz CT molecular complexity index is 498. The molecule has 1 heterocycles. The molecule has 3 unspecified atom stereocenters. The van der Waals surface area contributed by atoms with Crippen molar-refractivity contribution >= 4 is 28.2 Å². The Morgan fingerprint density at radius 3 is 2.57 bits per heavy atom. The summed E-state index contributed by atoms with van der Waals surface area (Å²) >= 11 is 1.39. The van der Waals surface area contributed by atoms with Crippen molar-refractivity contribution in [2.45, 2.75) is 46.6 Å². The van der Waals surface area contributed by atoms with Crippen LogP contribution in [0.15, 0.2) is 0 Å². The second kappa shape index (κ2) is 6.64. The summed E-state index contributed by atoms with van der Waals surface area (Å²) in [5, 5.41) is 3.97. The molecular weight excluding hydrogens is 284 g/mol. The minimum atomic E-state index is -0.0747. The Kier molecular flexibility index (Phi) is 5.08. The molecule has 1 aliphatic rings. The summed E-state index contributed by atoms with van der Waals surface area (Å²) in [6.45, 7) is 10.3. The van der Waals surface area contributed by atoms with Crippen molar-refractivity contribution in [1.82, 2.24) is 10.3 Å². The number of thiazole rings is 1. The molecule has 5 nitrogen and oxygen atoms in total. The van der Waals surface area contributed by atoms with Crippen LogP contribution < -0.4 is 16.0 Å². The molecule has 3 N–H and O–H groups in total. The van der Waals surface area contributed by atoms with E-state index in [2.05, 4.69) is 42.9 Å². The van der Waals surface area contributed by atoms with Crippen molar-refractivity contribution in [3.63, 3.8) is 0 Å². The third-order valence-electron chi connectivity index (χ3n) is 4.66. The molecule has 1 saturated carbocycles. The molecule has 21 heavy (non-hydrogen) atoms. The Balaban J connectivity index is 2.09. The summed E-state index contributed by atoms with van der Waals surface area (Å²) < 4.78 is 0. The summed E-state index contributed by atoms with van der Waals surface area (Å²) in [6, 6.07) is 0.255. The van der Waals surface area contributed by atoms with Gasteiger partial charge in [-0.15, -0.1) is 0 Å². The summed E-state index contributed by atoms with van der Waals surface area (Å²) in [7, 11) is 0. The number of aromatic nitrogens is 1. The highest BCUT2D eigenvalue weighted by molar-refractivity contribution is 7.18. The van der Waals surface area contributed by atoms with E-state index in [4.69, 9.17) is 5.73 Å². The number of hydrogen-bond donors (Lipinski definition) is 2. The van der Waals surface area contributed by atoms with Crippen molar-refractivity contribution in [3.8, 4) is 0 Å². The van der Waals surface area contributed by atoms with E-state index in [-0.39, 0.29) is 11.9 Å². The van der Waals surface area contributed by atoms with E-state index >= 15 is 0 Å². The predicted molar refractivity (Wildman–Crippen MR) is 88.9 cm³/mol. The highest BCUT2D eigenvalue weighted by atomic mass is 32.1. The number of nitrogens with one attached hydrogen (secondary N) is 1. The zero-order valence-corrected chi connectivity index (χ0v) is 14.2. The molecule has 0 bridgehead atoms. The van der Waals surface area contributed by atoms with Crippen molar-refractivity contribution in [2.24, 2.45) is 11.8 Å². The number of carbonyl (C=O) groups is 1. The molecule has 118 valence electrons. The van der Waals surface area contributed by atoms with Gasteiger partial charge in [-0.25, -0.2) is 4.98 Å². The maximum absolute atomic E-state index is 12.4. The van der Waals surface area contributed by atoms with E-state index in [0.29, 0.717) is 22.5 Å². The Hall–Kier alpha value is -1.30. The average Bonchev–Trinajstić information content (AvgIpc) is 2.98. The first-order chi connectivity index (χ1) is 9.97. The number of nitrogens with zero attached hydrogens (tertiary/aromatic N) is 2. The van der Waals surface area contributed by atoms with E-state index in [1.165, 1.54) is 17.8 Å². The summed E-state index contributed by atoms with van der Waals surface area (Å²) in [5.41, 5.74) is 5.94. The van der Waals surface area contributed by atoms with Gasteiger partial charge in [0.25, 0.3) is 5.91 Å². The van der Waals surface area contributed by atoms with Crippen LogP contribution in [0, 0.1) is 11.8 Å². The van der Waals surface area contributed by atoms with Gasteiger partial charge in [0.05, 0.1) is 0 Å². The lowest BCUT2D eigenvalue weighted by Gasteiger charge is -2.19. The van der Waals surface area contributed by atoms with Crippen molar-refractivity contribution in [3.05, 3.63) is 4.88 Å². The van der Waals surface area contributed by atoms with Crippen LogP contribution in [-0.2, 0) is 0 Å². The van der Waals surface area contributed by atoms with Crippen LogP contribution in [0.25, 0.3) is 0 Å². The average molecular weight is 310 g/mol. The zero-order valence-electron chi connectivity index (χ0n) is 13.3. The monoisotopic (exact) mass is 310 g/mol. The normalized spacial score (nSPS) is 25.0. The first-order valence-corrected chi connectivity index (χ1v) is 8.61. The van der Waals surface area contributed by atoms with Crippen LogP contribution in [0.5, 0.6) is 0 Å². The van der Waals surface area contributed by atoms with Gasteiger partial charge in [0, 0.05) is 19.1 Å². The summed E-state index contributed by atoms with van der Waals surface area (Å²) in [4.78, 5) is 19.4. The van der Waals surface area contributed by atoms with Crippen LogP contribution in [0.4, 0.5) is 10.9 Å². The van der Waals surface area contributed by atoms with Crippen LogP contribution in [0.2, 0.25) is 0 Å². The second-order valence-electron chi connectivity index (χ2n) is 5.88. The zero-order chi connectivity index (χ0) is 15.6. The lowest BCUT2D eigenvalue weighted by molar-refractivity contribution is 0.0932. The molecule has 1 aromatic rings. The lowest BCUT2D eigenvalue weighted by Crippen LogP contribution is -2.37. The first kappa shape index (κ1) is 16.1. The number of carbonyl (C=O) groups excluding carboxylic acids is 1. The fourth-order valence-electron chi connectivity index (χ4n) is 2.91. The Morgan fingerprint density at radius 2 is 2.05 bits per heavy atom. The smallest absolute Gasteiger partial charge is 0.265 e. The second-order valence-corrected chi connectivity index (χ2v) is 6.85. The van der Waals surface area contributed by atoms with Gasteiger partial charge in [-0.2, -0.15) is 0 Å². The molecule has 0 aliphatic heterocycles. The highest BCUT2D eigenvalue weighted by Gasteiger charge is 2.32. The minimum Gasteiger partial charge on any atom is -0.382 e. The quantitative estimate of drug-likeness (QED) is 0.877. The molecule has 6 heteroatoms. The van der Waals surface area contributed by atoms with Gasteiger partial charge >= 0.3 is 0 Å². The number of anilines is 2. The fraction of sp³-hybridized carbons (Fsp3) is 0.733. The summed E-state index contributed by atoms with van der Waals surface area (Å²) in [6.07, 6.45) is 2.23. The van der Waals surface area contributed by atoms with E-state index in [9.17, 15) is 4.79 Å².